The second kappa shape index (κ2) is 8.11. The van der Waals surface area contributed by atoms with Gasteiger partial charge in [-0.3, -0.25) is 9.08 Å². The molecular weight excluding hydrogens is 387 g/mol. The van der Waals surface area contributed by atoms with Crippen LogP contribution in [-0.4, -0.2) is 43.2 Å². The van der Waals surface area contributed by atoms with E-state index in [1.54, 1.807) is 23.1 Å². The van der Waals surface area contributed by atoms with Crippen molar-refractivity contribution in [2.45, 2.75) is 26.9 Å². The largest absolute Gasteiger partial charge is 0.496 e. The lowest BCUT2D eigenvalue weighted by molar-refractivity contribution is 0.268. The number of halogens is 1. The lowest BCUT2D eigenvalue weighted by atomic mass is 10.0. The molecule has 0 unspecified atom stereocenters. The minimum atomic E-state index is -0.332. The zero-order valence-corrected chi connectivity index (χ0v) is 17.1. The molecule has 9 heteroatoms. The predicted octanol–water partition coefficient (Wildman–Crippen LogP) is 2.96. The van der Waals surface area contributed by atoms with Crippen molar-refractivity contribution >= 4 is 11.5 Å². The number of hydrogen-bond donors (Lipinski definition) is 2. The van der Waals surface area contributed by atoms with Crippen LogP contribution in [-0.2, 0) is 13.1 Å². The van der Waals surface area contributed by atoms with Gasteiger partial charge in [-0.05, 0) is 38.1 Å². The van der Waals surface area contributed by atoms with Gasteiger partial charge in [0.05, 0.1) is 26.0 Å². The van der Waals surface area contributed by atoms with Gasteiger partial charge in [0.2, 0.25) is 0 Å². The second-order valence-electron chi connectivity index (χ2n) is 6.92. The molecule has 30 heavy (non-hydrogen) atoms. The van der Waals surface area contributed by atoms with E-state index < -0.39 is 0 Å². The first kappa shape index (κ1) is 19.8. The molecule has 0 aliphatic rings. The van der Waals surface area contributed by atoms with Crippen molar-refractivity contribution in [3.8, 4) is 16.9 Å². The molecule has 2 N–H and O–H groups in total. The third-order valence-electron chi connectivity index (χ3n) is 5.16. The van der Waals surface area contributed by atoms with E-state index in [0.29, 0.717) is 23.5 Å². The van der Waals surface area contributed by atoms with Gasteiger partial charge in [-0.25, -0.2) is 4.39 Å². The van der Waals surface area contributed by atoms with Crippen LogP contribution in [0.2, 0.25) is 0 Å². The van der Waals surface area contributed by atoms with Gasteiger partial charge in [-0.15, -0.1) is 10.2 Å². The van der Waals surface area contributed by atoms with E-state index in [1.807, 2.05) is 30.4 Å². The molecule has 0 amide bonds. The highest BCUT2D eigenvalue weighted by Crippen LogP contribution is 2.31. The number of benzene rings is 1. The number of rotatable bonds is 7. The summed E-state index contributed by atoms with van der Waals surface area (Å²) < 4.78 is 23.1. The highest BCUT2D eigenvalue weighted by molar-refractivity contribution is 5.81. The van der Waals surface area contributed by atoms with Gasteiger partial charge in [-0.1, -0.05) is 6.07 Å². The molecule has 3 heterocycles. The number of anilines is 1. The van der Waals surface area contributed by atoms with Crippen molar-refractivity contribution in [1.29, 1.82) is 0 Å². The lowest BCUT2D eigenvalue weighted by Gasteiger charge is -2.14. The average Bonchev–Trinajstić information content (AvgIpc) is 3.33. The van der Waals surface area contributed by atoms with Gasteiger partial charge in [0, 0.05) is 28.9 Å². The zero-order valence-electron chi connectivity index (χ0n) is 17.1. The molecule has 0 radical (unpaired) electrons. The van der Waals surface area contributed by atoms with Crippen LogP contribution in [0.4, 0.5) is 10.2 Å². The van der Waals surface area contributed by atoms with Crippen LogP contribution in [0.3, 0.4) is 0 Å². The van der Waals surface area contributed by atoms with E-state index in [4.69, 9.17) is 4.74 Å². The topological polar surface area (TPSA) is 89.5 Å². The summed E-state index contributed by atoms with van der Waals surface area (Å²) >= 11 is 0. The fourth-order valence-corrected chi connectivity index (χ4v) is 3.73. The van der Waals surface area contributed by atoms with Crippen molar-refractivity contribution in [3.63, 3.8) is 0 Å². The highest BCUT2D eigenvalue weighted by Gasteiger charge is 2.18. The zero-order chi connectivity index (χ0) is 21.3. The molecule has 0 fully saturated rings. The molecule has 0 bridgehead atoms. The number of nitrogens with one attached hydrogen (secondary N) is 1. The highest BCUT2D eigenvalue weighted by atomic mass is 19.1. The van der Waals surface area contributed by atoms with Crippen LogP contribution in [0.5, 0.6) is 5.75 Å². The molecule has 0 atom stereocenters. The van der Waals surface area contributed by atoms with E-state index in [2.05, 4.69) is 20.6 Å². The Balaban J connectivity index is 1.71. The van der Waals surface area contributed by atoms with E-state index in [-0.39, 0.29) is 19.0 Å². The third kappa shape index (κ3) is 3.37. The SMILES string of the molecule is COc1cccc(F)c1CNc1ccc(-c2c(C)nn(CCO)c2C)c2nncn12. The number of ether oxygens (including phenoxy) is 1. The van der Waals surface area contributed by atoms with Crippen LogP contribution >= 0.6 is 0 Å². The summed E-state index contributed by atoms with van der Waals surface area (Å²) in [6, 6.07) is 8.61. The molecule has 4 aromatic rings. The van der Waals surface area contributed by atoms with Crippen LogP contribution in [0.25, 0.3) is 16.8 Å². The molecule has 156 valence electrons. The van der Waals surface area contributed by atoms with Crippen LogP contribution in [0, 0.1) is 19.7 Å². The number of nitrogens with zero attached hydrogens (tertiary/aromatic N) is 5. The summed E-state index contributed by atoms with van der Waals surface area (Å²) in [5, 5.41) is 25.4. The molecule has 0 aliphatic carbocycles. The lowest BCUT2D eigenvalue weighted by Crippen LogP contribution is -2.07. The van der Waals surface area contributed by atoms with Crippen molar-refractivity contribution in [1.82, 2.24) is 24.4 Å². The summed E-state index contributed by atoms with van der Waals surface area (Å²) in [6.45, 7) is 4.59. The average molecular weight is 410 g/mol. The normalized spacial score (nSPS) is 11.2. The Morgan fingerprint density at radius 3 is 2.80 bits per heavy atom. The van der Waals surface area contributed by atoms with Crippen LogP contribution < -0.4 is 10.1 Å². The van der Waals surface area contributed by atoms with Crippen molar-refractivity contribution < 1.29 is 14.2 Å². The first-order valence-electron chi connectivity index (χ1n) is 9.58. The van der Waals surface area contributed by atoms with E-state index in [0.717, 1.165) is 28.3 Å². The summed E-state index contributed by atoms with van der Waals surface area (Å²) in [7, 11) is 1.52. The maximum absolute atomic E-state index is 14.3. The minimum absolute atomic E-state index is 0.0180. The minimum Gasteiger partial charge on any atom is -0.496 e. The maximum atomic E-state index is 14.3. The standard InChI is InChI=1S/C21H23FN6O2/c1-13-20(14(2)28(26-13)9-10-29)15-7-8-19(27-12-24-25-21(15)27)23-11-16-17(22)5-4-6-18(16)30-3/h4-8,12,23,29H,9-11H2,1-3H3. The fraction of sp³-hybridized carbons (Fsp3) is 0.286. The van der Waals surface area contributed by atoms with Gasteiger partial charge in [0.15, 0.2) is 5.65 Å². The van der Waals surface area contributed by atoms with E-state index in [1.165, 1.54) is 13.2 Å². The number of aromatic nitrogens is 5. The Kier molecular flexibility index (Phi) is 5.37. The number of fused-ring (bicyclic) bond motifs is 1. The quantitative estimate of drug-likeness (QED) is 0.487. The van der Waals surface area contributed by atoms with Gasteiger partial charge in [-0.2, -0.15) is 5.10 Å². The number of hydrogen-bond acceptors (Lipinski definition) is 6. The summed E-state index contributed by atoms with van der Waals surface area (Å²) in [5.41, 5.74) is 4.76. The van der Waals surface area contributed by atoms with Gasteiger partial charge in [0.25, 0.3) is 0 Å². The van der Waals surface area contributed by atoms with E-state index in [9.17, 15) is 9.50 Å². The first-order chi connectivity index (χ1) is 14.5. The molecule has 0 aliphatic heterocycles. The Morgan fingerprint density at radius 2 is 2.03 bits per heavy atom. The first-order valence-corrected chi connectivity index (χ1v) is 9.58. The predicted molar refractivity (Wildman–Crippen MR) is 111 cm³/mol. The van der Waals surface area contributed by atoms with Crippen molar-refractivity contribution in [2.75, 3.05) is 19.0 Å². The Morgan fingerprint density at radius 1 is 1.20 bits per heavy atom. The fourth-order valence-electron chi connectivity index (χ4n) is 3.73. The Hall–Kier alpha value is -3.46. The molecule has 8 nitrogen and oxygen atoms in total. The number of aryl methyl sites for hydroxylation is 1. The summed E-state index contributed by atoms with van der Waals surface area (Å²) in [6.07, 6.45) is 1.61. The molecule has 4 rings (SSSR count). The Labute approximate surface area is 172 Å². The smallest absolute Gasteiger partial charge is 0.170 e. The number of methoxy groups -OCH3 is 1. The van der Waals surface area contributed by atoms with Crippen molar-refractivity contribution in [3.05, 3.63) is 59.4 Å². The van der Waals surface area contributed by atoms with Crippen LogP contribution in [0.15, 0.2) is 36.7 Å². The molecule has 0 saturated carbocycles. The van der Waals surface area contributed by atoms with Gasteiger partial charge < -0.3 is 15.2 Å². The van der Waals surface area contributed by atoms with Gasteiger partial charge in [0.1, 0.15) is 23.7 Å². The number of pyridine rings is 1. The number of aliphatic hydroxyl groups is 1. The Bertz CT molecular complexity index is 1200. The summed E-state index contributed by atoms with van der Waals surface area (Å²) in [5.74, 6) is 0.879. The molecule has 0 saturated heterocycles. The van der Waals surface area contributed by atoms with E-state index >= 15 is 0 Å². The molecule has 1 aromatic carbocycles. The third-order valence-corrected chi connectivity index (χ3v) is 5.16. The molecular formula is C21H23FN6O2. The number of aliphatic hydroxyl groups excluding tert-OH is 1. The maximum Gasteiger partial charge on any atom is 0.170 e. The van der Waals surface area contributed by atoms with Crippen LogP contribution in [0.1, 0.15) is 17.0 Å². The second-order valence-corrected chi connectivity index (χ2v) is 6.92. The van der Waals surface area contributed by atoms with Gasteiger partial charge >= 0.3 is 0 Å². The molecule has 3 aromatic heterocycles. The monoisotopic (exact) mass is 410 g/mol. The van der Waals surface area contributed by atoms with Crippen molar-refractivity contribution in [2.24, 2.45) is 0 Å². The summed E-state index contributed by atoms with van der Waals surface area (Å²) in [4.78, 5) is 0. The molecule has 0 spiro atoms.